The van der Waals surface area contributed by atoms with Gasteiger partial charge in [0, 0.05) is 43.9 Å². The third-order valence-corrected chi connectivity index (χ3v) is 3.50. The first-order valence-electron chi connectivity index (χ1n) is 6.65. The normalized spacial score (nSPS) is 16.9. The molecule has 1 atom stereocenters. The van der Waals surface area contributed by atoms with Crippen LogP contribution in [0.5, 0.6) is 5.75 Å². The number of hydrogen-bond acceptors (Lipinski definition) is 3. The first-order valence-corrected chi connectivity index (χ1v) is 6.65. The summed E-state index contributed by atoms with van der Waals surface area (Å²) >= 11 is 0. The Morgan fingerprint density at radius 1 is 1.30 bits per heavy atom. The molecule has 0 aliphatic carbocycles. The zero-order valence-corrected chi connectivity index (χ0v) is 13.3. The van der Waals surface area contributed by atoms with Crippen molar-refractivity contribution in [1.82, 2.24) is 10.2 Å². The van der Waals surface area contributed by atoms with Crippen molar-refractivity contribution in [3.8, 4) is 5.75 Å². The predicted molar refractivity (Wildman–Crippen MR) is 84.7 cm³/mol. The van der Waals surface area contributed by atoms with Gasteiger partial charge in [0.2, 0.25) is 0 Å². The van der Waals surface area contributed by atoms with Gasteiger partial charge in [-0.25, -0.2) is 4.39 Å². The van der Waals surface area contributed by atoms with Crippen molar-refractivity contribution in [2.45, 2.75) is 25.8 Å². The summed E-state index contributed by atoms with van der Waals surface area (Å²) in [5, 5.41) is 12.6. The molecule has 2 N–H and O–H groups in total. The smallest absolute Gasteiger partial charge is 0.131 e. The second kappa shape index (κ2) is 9.40. The van der Waals surface area contributed by atoms with Gasteiger partial charge in [-0.15, -0.1) is 24.8 Å². The van der Waals surface area contributed by atoms with Crippen LogP contribution in [-0.2, 0) is 0 Å². The molecule has 0 bridgehead atoms. The average Bonchev–Trinajstić information content (AvgIpc) is 2.38. The van der Waals surface area contributed by atoms with Crippen molar-refractivity contribution in [3.63, 3.8) is 0 Å². The van der Waals surface area contributed by atoms with E-state index >= 15 is 0 Å². The van der Waals surface area contributed by atoms with Crippen molar-refractivity contribution in [3.05, 3.63) is 29.6 Å². The lowest BCUT2D eigenvalue weighted by molar-refractivity contribution is 0.161. The number of nitrogens with zero attached hydrogens (tertiary/aromatic N) is 1. The molecule has 116 valence electrons. The molecular weight excluding hydrogens is 302 g/mol. The lowest BCUT2D eigenvalue weighted by atomic mass is 9.99. The Kier molecular flexibility index (Phi) is 9.14. The van der Waals surface area contributed by atoms with E-state index in [4.69, 9.17) is 0 Å². The second-order valence-electron chi connectivity index (χ2n) is 4.80. The fourth-order valence-electron chi connectivity index (χ4n) is 2.59. The summed E-state index contributed by atoms with van der Waals surface area (Å²) in [4.78, 5) is 2.33. The lowest BCUT2D eigenvalue weighted by Gasteiger charge is -2.35. The van der Waals surface area contributed by atoms with Crippen LogP contribution in [0.2, 0.25) is 0 Å². The first kappa shape index (κ1) is 19.4. The van der Waals surface area contributed by atoms with E-state index < -0.39 is 0 Å². The van der Waals surface area contributed by atoms with E-state index in [0.29, 0.717) is 5.56 Å². The molecule has 0 unspecified atom stereocenters. The molecule has 1 aliphatic heterocycles. The molecule has 1 aromatic carbocycles. The van der Waals surface area contributed by atoms with E-state index in [1.807, 2.05) is 0 Å². The number of halogens is 3. The number of nitrogens with one attached hydrogen (secondary N) is 1. The molecule has 0 radical (unpaired) electrons. The first-order chi connectivity index (χ1) is 8.72. The highest BCUT2D eigenvalue weighted by molar-refractivity contribution is 5.85. The summed E-state index contributed by atoms with van der Waals surface area (Å²) in [6.07, 6.45) is 1.97. The van der Waals surface area contributed by atoms with Crippen molar-refractivity contribution in [2.24, 2.45) is 0 Å². The summed E-state index contributed by atoms with van der Waals surface area (Å²) in [5.74, 6) is -0.307. The number of hydrogen-bond donors (Lipinski definition) is 2. The highest BCUT2D eigenvalue weighted by Crippen LogP contribution is 2.29. The summed E-state index contributed by atoms with van der Waals surface area (Å²) < 4.78 is 14.0. The van der Waals surface area contributed by atoms with Gasteiger partial charge in [0.25, 0.3) is 0 Å². The number of phenols is 1. The minimum Gasteiger partial charge on any atom is -0.508 e. The third-order valence-electron chi connectivity index (χ3n) is 3.50. The molecule has 0 aromatic heterocycles. The SMILES string of the molecule is CCC[C@@H](c1ccc(O)cc1F)N1CCNCC1.Cl.Cl. The van der Waals surface area contributed by atoms with Crippen LogP contribution in [0.1, 0.15) is 31.4 Å². The van der Waals surface area contributed by atoms with Gasteiger partial charge in [0.05, 0.1) is 0 Å². The van der Waals surface area contributed by atoms with E-state index in [1.165, 1.54) is 6.07 Å². The summed E-state index contributed by atoms with van der Waals surface area (Å²) in [5.41, 5.74) is 0.705. The Labute approximate surface area is 132 Å². The van der Waals surface area contributed by atoms with Crippen LogP contribution in [-0.4, -0.2) is 36.2 Å². The zero-order chi connectivity index (χ0) is 13.0. The summed E-state index contributed by atoms with van der Waals surface area (Å²) in [6.45, 7) is 5.93. The van der Waals surface area contributed by atoms with Gasteiger partial charge in [-0.3, -0.25) is 4.90 Å². The van der Waals surface area contributed by atoms with E-state index in [2.05, 4.69) is 17.1 Å². The molecule has 2 rings (SSSR count). The number of benzene rings is 1. The van der Waals surface area contributed by atoms with E-state index in [9.17, 15) is 9.50 Å². The molecular formula is C14H23Cl2FN2O. The Morgan fingerprint density at radius 2 is 1.95 bits per heavy atom. The van der Waals surface area contributed by atoms with Gasteiger partial charge < -0.3 is 10.4 Å². The maximum absolute atomic E-state index is 14.0. The van der Waals surface area contributed by atoms with Crippen LogP contribution in [0.25, 0.3) is 0 Å². The quantitative estimate of drug-likeness (QED) is 0.893. The molecule has 3 nitrogen and oxygen atoms in total. The van der Waals surface area contributed by atoms with Crippen molar-refractivity contribution < 1.29 is 9.50 Å². The maximum Gasteiger partial charge on any atom is 0.131 e. The highest BCUT2D eigenvalue weighted by Gasteiger charge is 2.23. The van der Waals surface area contributed by atoms with Crippen molar-refractivity contribution in [1.29, 1.82) is 0 Å². The molecule has 0 spiro atoms. The van der Waals surface area contributed by atoms with Gasteiger partial charge in [0.1, 0.15) is 11.6 Å². The molecule has 1 saturated heterocycles. The topological polar surface area (TPSA) is 35.5 Å². The van der Waals surface area contributed by atoms with E-state index in [0.717, 1.165) is 39.0 Å². The van der Waals surface area contributed by atoms with Gasteiger partial charge in [-0.2, -0.15) is 0 Å². The minimum atomic E-state index is -0.299. The molecule has 1 heterocycles. The van der Waals surface area contributed by atoms with Gasteiger partial charge in [-0.05, 0) is 12.5 Å². The van der Waals surface area contributed by atoms with E-state index in [-0.39, 0.29) is 42.4 Å². The maximum atomic E-state index is 14.0. The largest absolute Gasteiger partial charge is 0.508 e. The highest BCUT2D eigenvalue weighted by atomic mass is 35.5. The van der Waals surface area contributed by atoms with Gasteiger partial charge >= 0.3 is 0 Å². The summed E-state index contributed by atoms with van der Waals surface area (Å²) in [6, 6.07) is 4.62. The van der Waals surface area contributed by atoms with Crippen LogP contribution in [0.3, 0.4) is 0 Å². The Morgan fingerprint density at radius 3 is 2.50 bits per heavy atom. The number of aromatic hydroxyl groups is 1. The van der Waals surface area contributed by atoms with Crippen LogP contribution in [0.15, 0.2) is 18.2 Å². The molecule has 1 fully saturated rings. The molecule has 0 amide bonds. The Balaban J connectivity index is 0.00000180. The Bertz CT molecular complexity index is 401. The van der Waals surface area contributed by atoms with E-state index in [1.54, 1.807) is 12.1 Å². The second-order valence-corrected chi connectivity index (χ2v) is 4.80. The van der Waals surface area contributed by atoms with Gasteiger partial charge in [-0.1, -0.05) is 19.4 Å². The molecule has 20 heavy (non-hydrogen) atoms. The van der Waals surface area contributed by atoms with Crippen LogP contribution >= 0.6 is 24.8 Å². The van der Waals surface area contributed by atoms with Crippen LogP contribution < -0.4 is 5.32 Å². The molecule has 1 aromatic rings. The summed E-state index contributed by atoms with van der Waals surface area (Å²) in [7, 11) is 0. The zero-order valence-electron chi connectivity index (χ0n) is 11.6. The fraction of sp³-hybridized carbons (Fsp3) is 0.571. The average molecular weight is 325 g/mol. The third kappa shape index (κ3) is 4.77. The standard InChI is InChI=1S/C14H21FN2O.2ClH/c1-2-3-14(17-8-6-16-7-9-17)12-5-4-11(18)10-13(12)15;;/h4-5,10,14,16,18H,2-3,6-9H2,1H3;2*1H/t14-;;/m0../s1. The lowest BCUT2D eigenvalue weighted by Crippen LogP contribution is -2.45. The fourth-order valence-corrected chi connectivity index (χ4v) is 2.59. The monoisotopic (exact) mass is 324 g/mol. The number of phenolic OH excluding ortho intramolecular Hbond substituents is 1. The van der Waals surface area contributed by atoms with Gasteiger partial charge in [0.15, 0.2) is 0 Å². The van der Waals surface area contributed by atoms with Crippen molar-refractivity contribution in [2.75, 3.05) is 26.2 Å². The van der Waals surface area contributed by atoms with Crippen LogP contribution in [0.4, 0.5) is 4.39 Å². The molecule has 1 aliphatic rings. The predicted octanol–water partition coefficient (Wildman–Crippen LogP) is 3.12. The molecule has 6 heteroatoms. The number of piperazine rings is 1. The molecule has 0 saturated carbocycles. The Hall–Kier alpha value is -0.550. The minimum absolute atomic E-state index is 0. The van der Waals surface area contributed by atoms with Crippen molar-refractivity contribution >= 4 is 24.8 Å². The van der Waals surface area contributed by atoms with Crippen LogP contribution in [0, 0.1) is 5.82 Å². The number of rotatable bonds is 4.